The van der Waals surface area contributed by atoms with Crippen LogP contribution in [0.15, 0.2) is 0 Å². The van der Waals surface area contributed by atoms with Crippen molar-refractivity contribution in [3.63, 3.8) is 0 Å². The summed E-state index contributed by atoms with van der Waals surface area (Å²) in [7, 11) is -4.67. The summed E-state index contributed by atoms with van der Waals surface area (Å²) in [5, 5.41) is 0. The first-order valence-electron chi connectivity index (χ1n) is 6.21. The van der Waals surface area contributed by atoms with E-state index in [9.17, 15) is 0 Å². The van der Waals surface area contributed by atoms with Crippen LogP contribution in [0.2, 0.25) is 0 Å². The molecule has 0 fully saturated rings. The monoisotopic (exact) mass is 290 g/mol. The van der Waals surface area contributed by atoms with E-state index in [1.807, 2.05) is 0 Å². The summed E-state index contributed by atoms with van der Waals surface area (Å²) >= 11 is 0. The Bertz CT molecular complexity index is 247. The van der Waals surface area contributed by atoms with Gasteiger partial charge in [0.05, 0.1) is 0 Å². The summed E-state index contributed by atoms with van der Waals surface area (Å²) < 4.78 is 31.6. The van der Waals surface area contributed by atoms with E-state index >= 15 is 0 Å². The van der Waals surface area contributed by atoms with Gasteiger partial charge in [0, 0.05) is 0 Å². The van der Waals surface area contributed by atoms with E-state index in [1.165, 1.54) is 32.1 Å². The van der Waals surface area contributed by atoms with Gasteiger partial charge in [-0.05, 0) is 11.8 Å². The van der Waals surface area contributed by atoms with E-state index in [1.54, 1.807) is 0 Å². The molecular weight excluding hydrogens is 263 g/mol. The standard InChI is InChI=1S/C12H25.Na.H2O4S/c1-5-7-8-10-12(4)11(3)9-6-2;;1-5(2,3)4/h11-12H,2,5-10H2,1,3-4H3;;(H2,1,2,3,4)/q-1;+1;. The average molecular weight is 290 g/mol. The largest absolute Gasteiger partial charge is 1.00 e. The minimum atomic E-state index is -4.67. The smallest absolute Gasteiger partial charge is 0.343 e. The van der Waals surface area contributed by atoms with Gasteiger partial charge in [0.1, 0.15) is 0 Å². The third-order valence-corrected chi connectivity index (χ3v) is 2.89. The molecule has 0 aromatic rings. The average Bonchev–Trinajstić information content (AvgIpc) is 2.15. The minimum Gasteiger partial charge on any atom is -0.343 e. The second-order valence-corrected chi connectivity index (χ2v) is 5.44. The maximum Gasteiger partial charge on any atom is 1.00 e. The van der Waals surface area contributed by atoms with Crippen molar-refractivity contribution in [3.05, 3.63) is 6.92 Å². The first kappa shape index (κ1) is 23.9. The zero-order valence-corrected chi connectivity index (χ0v) is 15.0. The fourth-order valence-corrected chi connectivity index (χ4v) is 1.61. The quantitative estimate of drug-likeness (QED) is 0.315. The molecule has 6 heteroatoms. The fourth-order valence-electron chi connectivity index (χ4n) is 1.61. The third kappa shape index (κ3) is 25.7. The van der Waals surface area contributed by atoms with Gasteiger partial charge in [0.25, 0.3) is 0 Å². The molecule has 2 N–H and O–H groups in total. The fraction of sp³-hybridized carbons (Fsp3) is 0.917. The zero-order chi connectivity index (χ0) is 13.9. The van der Waals surface area contributed by atoms with Gasteiger partial charge in [-0.1, -0.05) is 52.9 Å². The van der Waals surface area contributed by atoms with Crippen molar-refractivity contribution < 1.29 is 47.1 Å². The first-order chi connectivity index (χ1) is 7.72. The molecule has 2 unspecified atom stereocenters. The van der Waals surface area contributed by atoms with Crippen LogP contribution in [-0.4, -0.2) is 17.5 Å². The second kappa shape index (κ2) is 14.3. The van der Waals surface area contributed by atoms with Crippen LogP contribution < -0.4 is 29.6 Å². The van der Waals surface area contributed by atoms with Crippen LogP contribution in [0.1, 0.15) is 59.3 Å². The summed E-state index contributed by atoms with van der Waals surface area (Å²) in [4.78, 5) is 0. The van der Waals surface area contributed by atoms with E-state index in [0.29, 0.717) is 0 Å². The Morgan fingerprint density at radius 3 is 1.78 bits per heavy atom. The van der Waals surface area contributed by atoms with Crippen molar-refractivity contribution in [1.29, 1.82) is 0 Å². The van der Waals surface area contributed by atoms with Crippen molar-refractivity contribution in [1.82, 2.24) is 0 Å². The van der Waals surface area contributed by atoms with Gasteiger partial charge < -0.3 is 6.92 Å². The molecule has 0 spiro atoms. The predicted molar refractivity (Wildman–Crippen MR) is 71.2 cm³/mol. The van der Waals surface area contributed by atoms with Crippen molar-refractivity contribution in [2.75, 3.05) is 0 Å². The first-order valence-corrected chi connectivity index (χ1v) is 7.61. The predicted octanol–water partition coefficient (Wildman–Crippen LogP) is 0.804. The van der Waals surface area contributed by atoms with Crippen LogP contribution in [0.25, 0.3) is 0 Å². The van der Waals surface area contributed by atoms with Gasteiger partial charge in [-0.15, -0.1) is 0 Å². The maximum atomic E-state index is 8.74. The molecule has 18 heavy (non-hydrogen) atoms. The van der Waals surface area contributed by atoms with Crippen molar-refractivity contribution >= 4 is 10.4 Å². The Labute approximate surface area is 135 Å². The molecule has 0 radical (unpaired) electrons. The third-order valence-electron chi connectivity index (χ3n) is 2.89. The molecule has 0 aliphatic carbocycles. The molecule has 0 saturated carbocycles. The van der Waals surface area contributed by atoms with Crippen molar-refractivity contribution in [3.8, 4) is 0 Å². The molecule has 0 saturated heterocycles. The van der Waals surface area contributed by atoms with Crippen LogP contribution in [0.5, 0.6) is 0 Å². The van der Waals surface area contributed by atoms with Crippen LogP contribution in [0, 0.1) is 18.8 Å². The topological polar surface area (TPSA) is 74.6 Å². The SMILES string of the molecule is O=S(=O)(O)O.[CH2-]CCC(C)C(C)CCCCC.[Na+]. The molecule has 0 heterocycles. The zero-order valence-electron chi connectivity index (χ0n) is 12.2. The molecule has 0 rings (SSSR count). The van der Waals surface area contributed by atoms with Crippen molar-refractivity contribution in [2.45, 2.75) is 59.3 Å². The Morgan fingerprint density at radius 2 is 1.44 bits per heavy atom. The van der Waals surface area contributed by atoms with E-state index in [-0.39, 0.29) is 29.6 Å². The molecule has 0 aromatic carbocycles. The van der Waals surface area contributed by atoms with Crippen LogP contribution in [0.3, 0.4) is 0 Å². The van der Waals surface area contributed by atoms with E-state index in [2.05, 4.69) is 27.7 Å². The van der Waals surface area contributed by atoms with Crippen molar-refractivity contribution in [2.24, 2.45) is 11.8 Å². The Balaban J connectivity index is -0.000000321. The molecule has 106 valence electrons. The van der Waals surface area contributed by atoms with Gasteiger partial charge in [-0.25, -0.2) is 0 Å². The molecule has 4 nitrogen and oxygen atoms in total. The number of unbranched alkanes of at least 4 members (excludes halogenated alkanes) is 2. The van der Waals surface area contributed by atoms with E-state index in [0.717, 1.165) is 18.3 Å². The van der Waals surface area contributed by atoms with Gasteiger partial charge in [0.15, 0.2) is 0 Å². The molecule has 0 aliphatic heterocycles. The summed E-state index contributed by atoms with van der Waals surface area (Å²) in [5.74, 6) is 1.78. The molecule has 0 aromatic heterocycles. The normalized spacial score (nSPS) is 13.9. The summed E-state index contributed by atoms with van der Waals surface area (Å²) in [5.41, 5.74) is 0. The second-order valence-electron chi connectivity index (χ2n) is 4.54. The molecular formula is C12H27NaO4S. The van der Waals surface area contributed by atoms with Crippen LogP contribution in [0.4, 0.5) is 0 Å². The van der Waals surface area contributed by atoms with Gasteiger partial charge in [-0.3, -0.25) is 9.11 Å². The number of hydrogen-bond acceptors (Lipinski definition) is 2. The minimum absolute atomic E-state index is 0. The Morgan fingerprint density at radius 1 is 1.06 bits per heavy atom. The number of hydrogen-bond donors (Lipinski definition) is 2. The Kier molecular flexibility index (Phi) is 19.0. The Hall–Kier alpha value is 0.870. The van der Waals surface area contributed by atoms with Crippen LogP contribution >= 0.6 is 0 Å². The summed E-state index contributed by atoms with van der Waals surface area (Å²) in [6.45, 7) is 10.9. The number of rotatable bonds is 7. The summed E-state index contributed by atoms with van der Waals surface area (Å²) in [6, 6.07) is 0. The molecule has 0 amide bonds. The molecule has 2 atom stereocenters. The van der Waals surface area contributed by atoms with Gasteiger partial charge >= 0.3 is 40.0 Å². The maximum absolute atomic E-state index is 8.74. The van der Waals surface area contributed by atoms with E-state index < -0.39 is 10.4 Å². The van der Waals surface area contributed by atoms with Gasteiger partial charge in [0.2, 0.25) is 0 Å². The van der Waals surface area contributed by atoms with Gasteiger partial charge in [-0.2, -0.15) is 14.8 Å². The summed E-state index contributed by atoms with van der Waals surface area (Å²) in [6.07, 6.45) is 7.97. The van der Waals surface area contributed by atoms with Crippen LogP contribution in [-0.2, 0) is 10.4 Å². The van der Waals surface area contributed by atoms with E-state index in [4.69, 9.17) is 17.5 Å². The molecule has 0 aliphatic rings. The molecule has 0 bridgehead atoms.